The molecule has 1 aliphatic heterocycles. The summed E-state index contributed by atoms with van der Waals surface area (Å²) in [7, 11) is 1.65. The number of carbonyl (C=O) groups is 2. The van der Waals surface area contributed by atoms with Gasteiger partial charge < -0.3 is 16.0 Å². The zero-order chi connectivity index (χ0) is 15.6. The Labute approximate surface area is 120 Å². The lowest BCUT2D eigenvalue weighted by Crippen LogP contribution is -2.48. The van der Waals surface area contributed by atoms with Gasteiger partial charge in [-0.2, -0.15) is 0 Å². The largest absolute Gasteiger partial charge is 0.384 e. The normalized spacial score (nSPS) is 18.4. The summed E-state index contributed by atoms with van der Waals surface area (Å²) in [5.41, 5.74) is 4.94. The van der Waals surface area contributed by atoms with Crippen LogP contribution >= 0.6 is 0 Å². The minimum Gasteiger partial charge on any atom is -0.384 e. The first-order valence-corrected chi connectivity index (χ1v) is 6.33. The Kier molecular flexibility index (Phi) is 4.01. The molecule has 0 radical (unpaired) electrons. The van der Waals surface area contributed by atoms with Crippen LogP contribution in [0.5, 0.6) is 0 Å². The summed E-state index contributed by atoms with van der Waals surface area (Å²) in [6.07, 6.45) is 1.80. The maximum absolute atomic E-state index is 12.2. The van der Waals surface area contributed by atoms with Gasteiger partial charge in [0, 0.05) is 26.1 Å². The summed E-state index contributed by atoms with van der Waals surface area (Å²) in [5.74, 6) is -0.551. The Hall–Kier alpha value is -2.71. The molecule has 1 aromatic rings. The molecule has 0 bridgehead atoms. The van der Waals surface area contributed by atoms with E-state index in [1.54, 1.807) is 7.05 Å². The number of carbonyl (C=O) groups excluding carboxylic acids is 2. The van der Waals surface area contributed by atoms with Crippen LogP contribution in [-0.4, -0.2) is 46.3 Å². The number of nitrogens with zero attached hydrogens (tertiary/aromatic N) is 3. The van der Waals surface area contributed by atoms with E-state index >= 15 is 0 Å². The number of aromatic nitrogens is 1. The van der Waals surface area contributed by atoms with Crippen molar-refractivity contribution in [3.8, 4) is 0 Å². The van der Waals surface area contributed by atoms with Gasteiger partial charge in [-0.3, -0.25) is 19.7 Å². The van der Waals surface area contributed by atoms with E-state index in [-0.39, 0.29) is 23.3 Å². The molecule has 0 saturated carbocycles. The van der Waals surface area contributed by atoms with Crippen LogP contribution in [0.25, 0.3) is 0 Å². The van der Waals surface area contributed by atoms with Crippen molar-refractivity contribution in [3.05, 3.63) is 27.9 Å². The number of nitrogen functional groups attached to an aromatic ring is 1. The number of nitro groups is 1. The molecular formula is C12H15N5O4. The predicted molar refractivity (Wildman–Crippen MR) is 73.4 cm³/mol. The molecule has 9 nitrogen and oxygen atoms in total. The highest BCUT2D eigenvalue weighted by Gasteiger charge is 2.27. The lowest BCUT2D eigenvalue weighted by Gasteiger charge is -2.30. The monoisotopic (exact) mass is 293 g/mol. The molecule has 1 unspecified atom stereocenters. The Morgan fingerprint density at radius 1 is 1.62 bits per heavy atom. The highest BCUT2D eigenvalue weighted by molar-refractivity contribution is 5.98. The number of rotatable bonds is 3. The van der Waals surface area contributed by atoms with Crippen molar-refractivity contribution >= 4 is 23.3 Å². The molecule has 1 aromatic heterocycles. The predicted octanol–water partition coefficient (Wildman–Crippen LogP) is -0.0774. The number of pyridine rings is 1. The molecule has 1 atom stereocenters. The van der Waals surface area contributed by atoms with Gasteiger partial charge in [-0.1, -0.05) is 0 Å². The van der Waals surface area contributed by atoms with E-state index in [9.17, 15) is 19.7 Å². The molecule has 1 fully saturated rings. The number of likely N-dealkylation sites (N-methyl/N-ethyl adjacent to an activating group) is 1. The van der Waals surface area contributed by atoms with Gasteiger partial charge in [-0.05, 0) is 12.5 Å². The lowest BCUT2D eigenvalue weighted by atomic mass is 10.0. The van der Waals surface area contributed by atoms with Crippen molar-refractivity contribution in [2.75, 3.05) is 19.3 Å². The fraction of sp³-hybridized carbons (Fsp3) is 0.417. The van der Waals surface area contributed by atoms with Crippen LogP contribution in [0.15, 0.2) is 12.3 Å². The average molecular weight is 293 g/mol. The molecule has 2 rings (SSSR count). The van der Waals surface area contributed by atoms with Crippen LogP contribution in [-0.2, 0) is 4.79 Å². The number of likely N-dealkylation sites (tertiary alicyclic amines) is 1. The van der Waals surface area contributed by atoms with Crippen LogP contribution in [0.2, 0.25) is 0 Å². The Balaban J connectivity index is 2.15. The van der Waals surface area contributed by atoms with Crippen LogP contribution < -0.4 is 11.1 Å². The average Bonchev–Trinajstić information content (AvgIpc) is 2.42. The van der Waals surface area contributed by atoms with Crippen molar-refractivity contribution < 1.29 is 14.5 Å². The molecule has 9 heteroatoms. The SMILES string of the molecule is CN1CC(NC(=O)c2cc(N)ncc2[N+](=O)[O-])CCC1=O. The van der Waals surface area contributed by atoms with E-state index in [1.165, 1.54) is 11.0 Å². The molecule has 2 amide bonds. The first kappa shape index (κ1) is 14.7. The molecule has 21 heavy (non-hydrogen) atoms. The van der Waals surface area contributed by atoms with Gasteiger partial charge in [-0.15, -0.1) is 0 Å². The zero-order valence-corrected chi connectivity index (χ0v) is 11.4. The number of hydrogen-bond donors (Lipinski definition) is 2. The van der Waals surface area contributed by atoms with Gasteiger partial charge in [0.25, 0.3) is 11.6 Å². The van der Waals surface area contributed by atoms with Gasteiger partial charge in [0.15, 0.2) is 0 Å². The Bertz CT molecular complexity index is 603. The van der Waals surface area contributed by atoms with E-state index in [0.29, 0.717) is 19.4 Å². The Morgan fingerprint density at radius 2 is 2.33 bits per heavy atom. The van der Waals surface area contributed by atoms with E-state index in [4.69, 9.17) is 5.73 Å². The molecule has 112 valence electrons. The van der Waals surface area contributed by atoms with Crippen molar-refractivity contribution in [2.24, 2.45) is 0 Å². The first-order chi connectivity index (χ1) is 9.88. The summed E-state index contributed by atoms with van der Waals surface area (Å²) in [5, 5.41) is 13.6. The summed E-state index contributed by atoms with van der Waals surface area (Å²) in [6, 6.07) is 0.930. The third kappa shape index (κ3) is 3.25. The molecule has 0 aliphatic carbocycles. The molecule has 1 aliphatic rings. The number of hydrogen-bond acceptors (Lipinski definition) is 6. The number of amides is 2. The fourth-order valence-electron chi connectivity index (χ4n) is 2.18. The van der Waals surface area contributed by atoms with Gasteiger partial charge in [0.2, 0.25) is 5.91 Å². The first-order valence-electron chi connectivity index (χ1n) is 6.33. The van der Waals surface area contributed by atoms with E-state index in [2.05, 4.69) is 10.3 Å². The summed E-state index contributed by atoms with van der Waals surface area (Å²) in [6.45, 7) is 0.374. The number of anilines is 1. The van der Waals surface area contributed by atoms with Gasteiger partial charge in [0.1, 0.15) is 17.6 Å². The number of nitrogens with two attached hydrogens (primary N) is 1. The molecule has 3 N–H and O–H groups in total. The smallest absolute Gasteiger partial charge is 0.300 e. The third-order valence-corrected chi connectivity index (χ3v) is 3.31. The molecular weight excluding hydrogens is 278 g/mol. The molecule has 0 aromatic carbocycles. The van der Waals surface area contributed by atoms with Crippen molar-refractivity contribution in [3.63, 3.8) is 0 Å². The van der Waals surface area contributed by atoms with Crippen molar-refractivity contribution in [1.29, 1.82) is 0 Å². The van der Waals surface area contributed by atoms with Crippen LogP contribution in [0.1, 0.15) is 23.2 Å². The highest BCUT2D eigenvalue weighted by atomic mass is 16.6. The van der Waals surface area contributed by atoms with Crippen molar-refractivity contribution in [1.82, 2.24) is 15.2 Å². The minimum absolute atomic E-state index is 0.0136. The maximum Gasteiger partial charge on any atom is 0.300 e. The zero-order valence-electron chi connectivity index (χ0n) is 11.4. The highest BCUT2D eigenvalue weighted by Crippen LogP contribution is 2.19. The summed E-state index contributed by atoms with van der Waals surface area (Å²) >= 11 is 0. The summed E-state index contributed by atoms with van der Waals surface area (Å²) < 4.78 is 0. The van der Waals surface area contributed by atoms with Gasteiger partial charge in [0.05, 0.1) is 4.92 Å². The van der Waals surface area contributed by atoms with E-state index < -0.39 is 16.5 Å². The van der Waals surface area contributed by atoms with Crippen LogP contribution in [0.4, 0.5) is 11.5 Å². The lowest BCUT2D eigenvalue weighted by molar-refractivity contribution is -0.385. The van der Waals surface area contributed by atoms with E-state index in [0.717, 1.165) is 6.20 Å². The van der Waals surface area contributed by atoms with E-state index in [1.807, 2.05) is 0 Å². The topological polar surface area (TPSA) is 131 Å². The quantitative estimate of drug-likeness (QED) is 0.592. The molecule has 2 heterocycles. The standard InChI is InChI=1S/C12H15N5O4/c1-16-6-7(2-3-11(16)18)15-12(19)8-4-10(13)14-5-9(8)17(20)21/h4-5,7H,2-3,6H2,1H3,(H2,13,14)(H,15,19). The minimum atomic E-state index is -0.683. The number of nitrogens with one attached hydrogen (secondary N) is 1. The van der Waals surface area contributed by atoms with Crippen LogP contribution in [0, 0.1) is 10.1 Å². The van der Waals surface area contributed by atoms with Gasteiger partial charge in [-0.25, -0.2) is 4.98 Å². The second-order valence-corrected chi connectivity index (χ2v) is 4.87. The van der Waals surface area contributed by atoms with Gasteiger partial charge >= 0.3 is 0 Å². The number of piperidine rings is 1. The van der Waals surface area contributed by atoms with Crippen LogP contribution in [0.3, 0.4) is 0 Å². The molecule has 0 spiro atoms. The second kappa shape index (κ2) is 5.73. The molecule has 1 saturated heterocycles. The fourth-order valence-corrected chi connectivity index (χ4v) is 2.18. The second-order valence-electron chi connectivity index (χ2n) is 4.87. The van der Waals surface area contributed by atoms with Crippen molar-refractivity contribution in [2.45, 2.75) is 18.9 Å². The summed E-state index contributed by atoms with van der Waals surface area (Å²) in [4.78, 5) is 38.9. The third-order valence-electron chi connectivity index (χ3n) is 3.31. The Morgan fingerprint density at radius 3 is 2.95 bits per heavy atom. The maximum atomic E-state index is 12.2.